The Kier molecular flexibility index (Phi) is 5.53. The van der Waals surface area contributed by atoms with Gasteiger partial charge in [0.25, 0.3) is 5.91 Å². The highest BCUT2D eigenvalue weighted by Gasteiger charge is 2.09. The molecule has 92 valence electrons. The molecule has 0 saturated heterocycles. The Morgan fingerprint density at radius 2 is 2.31 bits per heavy atom. The van der Waals surface area contributed by atoms with Gasteiger partial charge >= 0.3 is 0 Å². The molecule has 16 heavy (non-hydrogen) atoms. The molecule has 0 aromatic carbocycles. The molecule has 0 aliphatic carbocycles. The first-order valence-electron chi connectivity index (χ1n) is 5.98. The predicted molar refractivity (Wildman–Crippen MR) is 72.2 cm³/mol. The van der Waals surface area contributed by atoms with Crippen molar-refractivity contribution in [1.82, 2.24) is 5.32 Å². The molecule has 1 aromatic heterocycles. The summed E-state index contributed by atoms with van der Waals surface area (Å²) in [5.74, 6) is 0.645. The second kappa shape index (κ2) is 6.69. The van der Waals surface area contributed by atoms with Crippen LogP contribution in [0.1, 0.15) is 49.1 Å². The molecule has 0 spiro atoms. The maximum Gasteiger partial charge on any atom is 0.261 e. The highest BCUT2D eigenvalue weighted by Crippen LogP contribution is 2.15. The van der Waals surface area contributed by atoms with E-state index < -0.39 is 0 Å². The summed E-state index contributed by atoms with van der Waals surface area (Å²) < 4.78 is 0. The minimum atomic E-state index is 0. The Bertz CT molecular complexity index is 338. The zero-order valence-electron chi connectivity index (χ0n) is 10.4. The van der Waals surface area contributed by atoms with Crippen molar-refractivity contribution in [2.24, 2.45) is 5.92 Å². The third-order valence-electron chi connectivity index (χ3n) is 2.63. The molecule has 3 heteroatoms. The van der Waals surface area contributed by atoms with Gasteiger partial charge in [0.2, 0.25) is 0 Å². The van der Waals surface area contributed by atoms with Gasteiger partial charge in [-0.05, 0) is 31.4 Å². The Labute approximate surface area is 104 Å². The van der Waals surface area contributed by atoms with E-state index in [0.29, 0.717) is 5.92 Å². The van der Waals surface area contributed by atoms with Crippen LogP contribution in [0.3, 0.4) is 0 Å². The van der Waals surface area contributed by atoms with Gasteiger partial charge in [0.05, 0.1) is 4.88 Å². The number of aryl methyl sites for hydroxylation is 1. The average molecular weight is 241 g/mol. The molecule has 1 amide bonds. The number of rotatable bonds is 6. The molecule has 1 heterocycles. The summed E-state index contributed by atoms with van der Waals surface area (Å²) in [5.41, 5.74) is 0. The number of unbranched alkanes of at least 4 members (excludes halogenated alkanes) is 1. The van der Waals surface area contributed by atoms with Crippen LogP contribution in [0.5, 0.6) is 0 Å². The van der Waals surface area contributed by atoms with Crippen molar-refractivity contribution in [3.05, 3.63) is 21.9 Å². The molecule has 1 unspecified atom stereocenters. The lowest BCUT2D eigenvalue weighted by atomic mass is 10.0. The third kappa shape index (κ3) is 4.35. The molecule has 0 fully saturated rings. The minimum absolute atomic E-state index is 0. The van der Waals surface area contributed by atoms with E-state index in [1.165, 1.54) is 24.1 Å². The fraction of sp³-hybridized carbons (Fsp3) is 0.615. The number of hydrogen-bond acceptors (Lipinski definition) is 2. The standard InChI is InChI=1S/C13H21NOS.H2/c1-4-5-6-10(2)9-14-13(15)12-8-7-11(3)16-12;/h7-8,10H,4-6,9H2,1-3H3,(H,14,15);1H. The van der Waals surface area contributed by atoms with Crippen molar-refractivity contribution < 1.29 is 6.22 Å². The van der Waals surface area contributed by atoms with Crippen molar-refractivity contribution in [3.63, 3.8) is 0 Å². The maximum atomic E-state index is 11.7. The molecule has 0 aliphatic heterocycles. The van der Waals surface area contributed by atoms with E-state index in [2.05, 4.69) is 19.2 Å². The molecule has 0 bridgehead atoms. The van der Waals surface area contributed by atoms with Crippen LogP contribution < -0.4 is 5.32 Å². The van der Waals surface area contributed by atoms with Crippen LogP contribution >= 0.6 is 11.3 Å². The van der Waals surface area contributed by atoms with Gasteiger partial charge < -0.3 is 5.32 Å². The van der Waals surface area contributed by atoms with Crippen LogP contribution in [0.15, 0.2) is 12.1 Å². The lowest BCUT2D eigenvalue weighted by Crippen LogP contribution is -2.27. The van der Waals surface area contributed by atoms with Crippen LogP contribution in [0.4, 0.5) is 0 Å². The van der Waals surface area contributed by atoms with Gasteiger partial charge in [-0.3, -0.25) is 4.79 Å². The molecule has 1 aromatic rings. The summed E-state index contributed by atoms with van der Waals surface area (Å²) in [4.78, 5) is 13.7. The molecular weight excluding hydrogens is 218 g/mol. The molecule has 0 aliphatic rings. The van der Waals surface area contributed by atoms with Gasteiger partial charge in [0, 0.05) is 12.8 Å². The largest absolute Gasteiger partial charge is 0.351 e. The van der Waals surface area contributed by atoms with Gasteiger partial charge in [-0.25, -0.2) is 0 Å². The summed E-state index contributed by atoms with van der Waals surface area (Å²) in [7, 11) is 0. The molecule has 1 rings (SSSR count). The molecule has 0 saturated carbocycles. The summed E-state index contributed by atoms with van der Waals surface area (Å²) in [5, 5.41) is 2.99. The Balaban J connectivity index is 0.00000256. The Hall–Kier alpha value is -0.830. The Morgan fingerprint density at radius 3 is 2.88 bits per heavy atom. The van der Waals surface area contributed by atoms with Gasteiger partial charge in [-0.2, -0.15) is 0 Å². The van der Waals surface area contributed by atoms with E-state index in [1.54, 1.807) is 11.3 Å². The molecular formula is C13H23NOS. The molecule has 1 atom stereocenters. The fourth-order valence-corrected chi connectivity index (χ4v) is 2.35. The first-order chi connectivity index (χ1) is 7.63. The number of carbonyl (C=O) groups excluding carboxylic acids is 1. The number of amides is 1. The van der Waals surface area contributed by atoms with Crippen molar-refractivity contribution in [2.45, 2.75) is 40.0 Å². The van der Waals surface area contributed by atoms with Crippen molar-refractivity contribution in [2.75, 3.05) is 6.54 Å². The van der Waals surface area contributed by atoms with Crippen LogP contribution in [0.25, 0.3) is 0 Å². The lowest BCUT2D eigenvalue weighted by molar-refractivity contribution is 0.0951. The van der Waals surface area contributed by atoms with Crippen molar-refractivity contribution in [1.29, 1.82) is 0 Å². The van der Waals surface area contributed by atoms with E-state index >= 15 is 0 Å². The molecule has 1 N–H and O–H groups in total. The van der Waals surface area contributed by atoms with Crippen molar-refractivity contribution >= 4 is 17.2 Å². The second-order valence-electron chi connectivity index (χ2n) is 4.37. The molecule has 0 radical (unpaired) electrons. The number of thiophene rings is 1. The summed E-state index contributed by atoms with van der Waals surface area (Å²) in [6, 6.07) is 3.88. The van der Waals surface area contributed by atoms with E-state index in [1.807, 2.05) is 19.1 Å². The maximum absolute atomic E-state index is 11.7. The predicted octanol–water partition coefficient (Wildman–Crippen LogP) is 3.86. The summed E-state index contributed by atoms with van der Waals surface area (Å²) in [6.07, 6.45) is 3.66. The van der Waals surface area contributed by atoms with Crippen LogP contribution in [0.2, 0.25) is 0 Å². The second-order valence-corrected chi connectivity index (χ2v) is 5.66. The number of hydrogen-bond donors (Lipinski definition) is 1. The summed E-state index contributed by atoms with van der Waals surface area (Å²) in [6.45, 7) is 7.19. The highest BCUT2D eigenvalue weighted by atomic mass is 32.1. The number of nitrogens with one attached hydrogen (secondary N) is 1. The van der Waals surface area contributed by atoms with E-state index in [0.717, 1.165) is 11.4 Å². The highest BCUT2D eigenvalue weighted by molar-refractivity contribution is 7.13. The minimum Gasteiger partial charge on any atom is -0.351 e. The first-order valence-corrected chi connectivity index (χ1v) is 6.79. The first kappa shape index (κ1) is 13.2. The van der Waals surface area contributed by atoms with Crippen molar-refractivity contribution in [3.8, 4) is 0 Å². The van der Waals surface area contributed by atoms with E-state index in [9.17, 15) is 4.79 Å². The fourth-order valence-electron chi connectivity index (χ4n) is 1.57. The average Bonchev–Trinajstić information content (AvgIpc) is 2.69. The van der Waals surface area contributed by atoms with Crippen LogP contribution in [-0.4, -0.2) is 12.5 Å². The van der Waals surface area contributed by atoms with Crippen LogP contribution in [0, 0.1) is 12.8 Å². The monoisotopic (exact) mass is 241 g/mol. The Morgan fingerprint density at radius 1 is 1.56 bits per heavy atom. The van der Waals surface area contributed by atoms with E-state index in [4.69, 9.17) is 0 Å². The zero-order valence-corrected chi connectivity index (χ0v) is 11.2. The van der Waals surface area contributed by atoms with E-state index in [-0.39, 0.29) is 7.33 Å². The van der Waals surface area contributed by atoms with Gasteiger partial charge in [-0.1, -0.05) is 26.7 Å². The smallest absolute Gasteiger partial charge is 0.261 e. The zero-order chi connectivity index (χ0) is 12.0. The van der Waals surface area contributed by atoms with Gasteiger partial charge in [-0.15, -0.1) is 11.3 Å². The lowest BCUT2D eigenvalue weighted by Gasteiger charge is -2.11. The third-order valence-corrected chi connectivity index (χ3v) is 3.63. The van der Waals surface area contributed by atoms with Crippen LogP contribution in [-0.2, 0) is 0 Å². The van der Waals surface area contributed by atoms with Gasteiger partial charge in [0.15, 0.2) is 0 Å². The summed E-state index contributed by atoms with van der Waals surface area (Å²) >= 11 is 1.55. The van der Waals surface area contributed by atoms with Gasteiger partial charge in [0.1, 0.15) is 0 Å². The topological polar surface area (TPSA) is 29.1 Å². The number of carbonyl (C=O) groups is 1. The quantitative estimate of drug-likeness (QED) is 0.805. The SMILES string of the molecule is CCCCC(C)CNC(=O)c1ccc(C)s1.[HH]. The molecule has 2 nitrogen and oxygen atoms in total. The normalized spacial score (nSPS) is 12.4.